The standard InChI is InChI=1S/C13H12BrClN2OS/c14-11-5-6-19-12(11)7-16-8-13(18)17-10-3-1-9(15)2-4-10/h1-6,16H,7-8H2,(H,17,18). The van der Waals surface area contributed by atoms with E-state index in [9.17, 15) is 4.79 Å². The van der Waals surface area contributed by atoms with E-state index in [0.717, 1.165) is 10.2 Å². The lowest BCUT2D eigenvalue weighted by molar-refractivity contribution is -0.115. The summed E-state index contributed by atoms with van der Waals surface area (Å²) in [5, 5.41) is 8.56. The summed E-state index contributed by atoms with van der Waals surface area (Å²) >= 11 is 10.9. The molecule has 1 heterocycles. The zero-order valence-electron chi connectivity index (χ0n) is 9.95. The lowest BCUT2D eigenvalue weighted by Crippen LogP contribution is -2.27. The highest BCUT2D eigenvalue weighted by Crippen LogP contribution is 2.22. The lowest BCUT2D eigenvalue weighted by Gasteiger charge is -2.06. The number of thiophene rings is 1. The summed E-state index contributed by atoms with van der Waals surface area (Å²) in [7, 11) is 0. The summed E-state index contributed by atoms with van der Waals surface area (Å²) in [5.74, 6) is -0.0741. The first-order chi connectivity index (χ1) is 9.15. The topological polar surface area (TPSA) is 41.1 Å². The van der Waals surface area contributed by atoms with Gasteiger partial charge in [0.25, 0.3) is 0 Å². The third-order valence-corrected chi connectivity index (χ3v) is 4.57. The minimum absolute atomic E-state index is 0.0741. The Labute approximate surface area is 129 Å². The Bertz CT molecular complexity index is 556. The van der Waals surface area contributed by atoms with E-state index in [-0.39, 0.29) is 12.5 Å². The number of amides is 1. The predicted octanol–water partition coefficient (Wildman–Crippen LogP) is 3.89. The van der Waals surface area contributed by atoms with Crippen molar-refractivity contribution in [1.82, 2.24) is 5.32 Å². The van der Waals surface area contributed by atoms with Crippen LogP contribution in [-0.2, 0) is 11.3 Å². The van der Waals surface area contributed by atoms with E-state index in [1.165, 1.54) is 4.88 Å². The van der Waals surface area contributed by atoms with Crippen LogP contribution in [0.1, 0.15) is 4.88 Å². The number of carbonyl (C=O) groups excluding carboxylic acids is 1. The molecular formula is C13H12BrClN2OS. The first-order valence-corrected chi connectivity index (χ1v) is 7.68. The van der Waals surface area contributed by atoms with Crippen LogP contribution in [0.25, 0.3) is 0 Å². The Morgan fingerprint density at radius 2 is 2.00 bits per heavy atom. The second-order valence-electron chi connectivity index (χ2n) is 3.85. The molecule has 2 rings (SSSR count). The maximum Gasteiger partial charge on any atom is 0.238 e. The van der Waals surface area contributed by atoms with Crippen molar-refractivity contribution in [3.63, 3.8) is 0 Å². The molecule has 19 heavy (non-hydrogen) atoms. The summed E-state index contributed by atoms with van der Waals surface area (Å²) in [4.78, 5) is 12.9. The van der Waals surface area contributed by atoms with Gasteiger partial charge < -0.3 is 10.6 Å². The van der Waals surface area contributed by atoms with Gasteiger partial charge in [-0.15, -0.1) is 11.3 Å². The fraction of sp³-hybridized carbons (Fsp3) is 0.154. The highest BCUT2D eigenvalue weighted by atomic mass is 79.9. The molecule has 1 amide bonds. The van der Waals surface area contributed by atoms with Gasteiger partial charge in [0.05, 0.1) is 6.54 Å². The summed E-state index contributed by atoms with van der Waals surface area (Å²) < 4.78 is 1.07. The molecule has 1 aromatic heterocycles. The summed E-state index contributed by atoms with van der Waals surface area (Å²) in [5.41, 5.74) is 0.744. The third-order valence-electron chi connectivity index (χ3n) is 2.39. The second-order valence-corrected chi connectivity index (χ2v) is 6.14. The van der Waals surface area contributed by atoms with Gasteiger partial charge in [-0.05, 0) is 51.6 Å². The molecular weight excluding hydrogens is 348 g/mol. The number of rotatable bonds is 5. The van der Waals surface area contributed by atoms with Crippen molar-refractivity contribution >= 4 is 50.5 Å². The maximum absolute atomic E-state index is 11.7. The Kier molecular flexibility index (Phi) is 5.39. The molecule has 0 fully saturated rings. The number of nitrogens with one attached hydrogen (secondary N) is 2. The van der Waals surface area contributed by atoms with Gasteiger partial charge in [0.15, 0.2) is 0 Å². The third kappa shape index (κ3) is 4.62. The van der Waals surface area contributed by atoms with Crippen LogP contribution in [0.5, 0.6) is 0 Å². The largest absolute Gasteiger partial charge is 0.325 e. The highest BCUT2D eigenvalue weighted by Gasteiger charge is 2.04. The molecule has 0 aliphatic carbocycles. The second kappa shape index (κ2) is 7.05. The molecule has 6 heteroatoms. The molecule has 100 valence electrons. The molecule has 0 spiro atoms. The number of carbonyl (C=O) groups is 1. The quantitative estimate of drug-likeness (QED) is 0.850. The molecule has 0 unspecified atom stereocenters. The average Bonchev–Trinajstić information content (AvgIpc) is 2.78. The minimum atomic E-state index is -0.0741. The van der Waals surface area contributed by atoms with E-state index in [2.05, 4.69) is 26.6 Å². The van der Waals surface area contributed by atoms with Crippen LogP contribution in [0.3, 0.4) is 0 Å². The van der Waals surface area contributed by atoms with Crippen molar-refractivity contribution in [3.8, 4) is 0 Å². The smallest absolute Gasteiger partial charge is 0.238 e. The molecule has 3 nitrogen and oxygen atoms in total. The van der Waals surface area contributed by atoms with Crippen molar-refractivity contribution in [3.05, 3.63) is 50.1 Å². The molecule has 1 aromatic carbocycles. The van der Waals surface area contributed by atoms with Crippen LogP contribution in [0.4, 0.5) is 5.69 Å². The fourth-order valence-electron chi connectivity index (χ4n) is 1.48. The Balaban J connectivity index is 1.76. The monoisotopic (exact) mass is 358 g/mol. The molecule has 0 aliphatic rings. The summed E-state index contributed by atoms with van der Waals surface area (Å²) in [6, 6.07) is 9.03. The van der Waals surface area contributed by atoms with Gasteiger partial charge in [-0.1, -0.05) is 11.6 Å². The van der Waals surface area contributed by atoms with Gasteiger partial charge in [-0.25, -0.2) is 0 Å². The van der Waals surface area contributed by atoms with E-state index in [4.69, 9.17) is 11.6 Å². The van der Waals surface area contributed by atoms with Crippen LogP contribution in [-0.4, -0.2) is 12.5 Å². The van der Waals surface area contributed by atoms with Crippen LogP contribution in [0.2, 0.25) is 5.02 Å². The Morgan fingerprint density at radius 3 is 2.63 bits per heavy atom. The summed E-state index contributed by atoms with van der Waals surface area (Å²) in [6.07, 6.45) is 0. The van der Waals surface area contributed by atoms with E-state index in [1.807, 2.05) is 11.4 Å². The number of hydrogen-bond acceptors (Lipinski definition) is 3. The van der Waals surface area contributed by atoms with E-state index in [0.29, 0.717) is 11.6 Å². The van der Waals surface area contributed by atoms with E-state index >= 15 is 0 Å². The van der Waals surface area contributed by atoms with Gasteiger partial charge in [0, 0.05) is 26.6 Å². The van der Waals surface area contributed by atoms with Crippen LogP contribution in [0, 0.1) is 0 Å². The van der Waals surface area contributed by atoms with Crippen LogP contribution in [0.15, 0.2) is 40.2 Å². The van der Waals surface area contributed by atoms with Gasteiger partial charge in [-0.2, -0.15) is 0 Å². The van der Waals surface area contributed by atoms with Crippen LogP contribution >= 0.6 is 38.9 Å². The molecule has 2 aromatic rings. The normalized spacial score (nSPS) is 10.4. The number of benzene rings is 1. The number of halogens is 2. The first kappa shape index (κ1) is 14.5. The first-order valence-electron chi connectivity index (χ1n) is 5.63. The number of hydrogen-bond donors (Lipinski definition) is 2. The molecule has 0 aliphatic heterocycles. The van der Waals surface area contributed by atoms with E-state index in [1.54, 1.807) is 35.6 Å². The number of anilines is 1. The molecule has 0 bridgehead atoms. The van der Waals surface area contributed by atoms with Crippen LogP contribution < -0.4 is 10.6 Å². The van der Waals surface area contributed by atoms with Crippen molar-refractivity contribution in [2.75, 3.05) is 11.9 Å². The Morgan fingerprint density at radius 1 is 1.26 bits per heavy atom. The van der Waals surface area contributed by atoms with Gasteiger partial charge in [-0.3, -0.25) is 4.79 Å². The maximum atomic E-state index is 11.7. The molecule has 0 saturated carbocycles. The molecule has 2 N–H and O–H groups in total. The SMILES string of the molecule is O=C(CNCc1sccc1Br)Nc1ccc(Cl)cc1. The molecule has 0 radical (unpaired) electrons. The zero-order valence-corrected chi connectivity index (χ0v) is 13.1. The lowest BCUT2D eigenvalue weighted by atomic mass is 10.3. The summed E-state index contributed by atoms with van der Waals surface area (Å²) in [6.45, 7) is 0.944. The fourth-order valence-corrected chi connectivity index (χ4v) is 3.07. The van der Waals surface area contributed by atoms with Gasteiger partial charge >= 0.3 is 0 Å². The van der Waals surface area contributed by atoms with Gasteiger partial charge in [0.1, 0.15) is 0 Å². The van der Waals surface area contributed by atoms with Crippen molar-refractivity contribution in [2.45, 2.75) is 6.54 Å². The van der Waals surface area contributed by atoms with Crippen molar-refractivity contribution in [2.24, 2.45) is 0 Å². The zero-order chi connectivity index (χ0) is 13.7. The van der Waals surface area contributed by atoms with Crippen molar-refractivity contribution in [1.29, 1.82) is 0 Å². The predicted molar refractivity (Wildman–Crippen MR) is 83.8 cm³/mol. The molecule has 0 atom stereocenters. The van der Waals surface area contributed by atoms with Gasteiger partial charge in [0.2, 0.25) is 5.91 Å². The average molecular weight is 360 g/mol. The minimum Gasteiger partial charge on any atom is -0.325 e. The molecule has 0 saturated heterocycles. The van der Waals surface area contributed by atoms with Crippen molar-refractivity contribution < 1.29 is 4.79 Å². The van der Waals surface area contributed by atoms with E-state index < -0.39 is 0 Å². The Hall–Kier alpha value is -0.880. The highest BCUT2D eigenvalue weighted by molar-refractivity contribution is 9.10.